The van der Waals surface area contributed by atoms with E-state index in [1.807, 2.05) is 26.0 Å². The molecule has 0 unspecified atom stereocenters. The van der Waals surface area contributed by atoms with Crippen LogP contribution < -0.4 is 16.0 Å². The second-order valence-corrected chi connectivity index (χ2v) is 6.22. The van der Waals surface area contributed by atoms with Gasteiger partial charge in [0.15, 0.2) is 0 Å². The topological polar surface area (TPSA) is 92.4 Å². The van der Waals surface area contributed by atoms with E-state index in [1.54, 1.807) is 30.6 Å². The summed E-state index contributed by atoms with van der Waals surface area (Å²) in [6.45, 7) is 5.00. The number of nitrogens with one attached hydrogen (secondary N) is 3. The van der Waals surface area contributed by atoms with E-state index in [2.05, 4.69) is 20.9 Å². The molecule has 0 bridgehead atoms. The van der Waals surface area contributed by atoms with Gasteiger partial charge >= 0.3 is 0 Å². The number of aryl methyl sites for hydroxylation is 1. The molecule has 0 spiro atoms. The first-order valence-corrected chi connectivity index (χ1v) is 8.52. The van der Waals surface area contributed by atoms with Gasteiger partial charge in [0, 0.05) is 35.9 Å². The SMILES string of the molecule is Cc1ccc(NC(=O)[C@H]2NCCO[C@@H]2C)cc1NC(=O)c1ccncc1. The van der Waals surface area contributed by atoms with Gasteiger partial charge in [-0.3, -0.25) is 14.6 Å². The fraction of sp³-hybridized carbons (Fsp3) is 0.316. The van der Waals surface area contributed by atoms with Crippen LogP contribution in [0.5, 0.6) is 0 Å². The van der Waals surface area contributed by atoms with E-state index >= 15 is 0 Å². The van der Waals surface area contributed by atoms with Crippen LogP contribution in [0.3, 0.4) is 0 Å². The molecule has 2 amide bonds. The first-order valence-electron chi connectivity index (χ1n) is 8.52. The van der Waals surface area contributed by atoms with Crippen LogP contribution in [-0.4, -0.2) is 42.1 Å². The van der Waals surface area contributed by atoms with Crippen LogP contribution in [0.4, 0.5) is 11.4 Å². The number of nitrogens with zero attached hydrogens (tertiary/aromatic N) is 1. The average molecular weight is 354 g/mol. The summed E-state index contributed by atoms with van der Waals surface area (Å²) in [4.78, 5) is 28.7. The molecule has 3 rings (SSSR count). The molecule has 1 aromatic carbocycles. The molecule has 1 fully saturated rings. The van der Waals surface area contributed by atoms with Gasteiger partial charge in [-0.05, 0) is 43.7 Å². The van der Waals surface area contributed by atoms with Gasteiger partial charge in [0.25, 0.3) is 5.91 Å². The minimum absolute atomic E-state index is 0.160. The standard InChI is InChI=1S/C19H22N4O3/c1-12-3-4-15(22-19(25)17-13(2)26-10-9-21-17)11-16(12)23-18(24)14-5-7-20-8-6-14/h3-8,11,13,17,21H,9-10H2,1-2H3,(H,22,25)(H,23,24)/t13-,17+/m1/s1. The van der Waals surface area contributed by atoms with Crippen molar-refractivity contribution in [3.8, 4) is 0 Å². The first kappa shape index (κ1) is 18.0. The van der Waals surface area contributed by atoms with Crippen LogP contribution in [-0.2, 0) is 9.53 Å². The lowest BCUT2D eigenvalue weighted by atomic mass is 10.1. The summed E-state index contributed by atoms with van der Waals surface area (Å²) in [6, 6.07) is 8.30. The predicted octanol–water partition coefficient (Wildman–Crippen LogP) is 1.96. The number of amides is 2. The van der Waals surface area contributed by atoms with Crippen molar-refractivity contribution in [2.75, 3.05) is 23.8 Å². The van der Waals surface area contributed by atoms with E-state index in [0.717, 1.165) is 5.56 Å². The third kappa shape index (κ3) is 4.25. The average Bonchev–Trinajstić information content (AvgIpc) is 2.65. The highest BCUT2D eigenvalue weighted by Crippen LogP contribution is 2.21. The maximum atomic E-state index is 12.5. The molecule has 26 heavy (non-hydrogen) atoms. The Morgan fingerprint density at radius 1 is 1.19 bits per heavy atom. The van der Waals surface area contributed by atoms with E-state index in [9.17, 15) is 9.59 Å². The van der Waals surface area contributed by atoms with Crippen LogP contribution in [0.2, 0.25) is 0 Å². The zero-order valence-electron chi connectivity index (χ0n) is 14.8. The molecule has 1 aliphatic rings. The number of morpholine rings is 1. The highest BCUT2D eigenvalue weighted by molar-refractivity contribution is 6.05. The van der Waals surface area contributed by atoms with Gasteiger partial charge in [-0.1, -0.05) is 6.07 Å². The van der Waals surface area contributed by atoms with Crippen LogP contribution in [0.15, 0.2) is 42.7 Å². The number of benzene rings is 1. The van der Waals surface area contributed by atoms with Gasteiger partial charge in [-0.25, -0.2) is 0 Å². The fourth-order valence-corrected chi connectivity index (χ4v) is 2.78. The van der Waals surface area contributed by atoms with Crippen molar-refractivity contribution < 1.29 is 14.3 Å². The lowest BCUT2D eigenvalue weighted by Crippen LogP contribution is -2.53. The normalized spacial score (nSPS) is 19.6. The number of anilines is 2. The molecule has 1 aromatic heterocycles. The third-order valence-electron chi connectivity index (χ3n) is 4.29. The molecule has 0 aliphatic carbocycles. The van der Waals surface area contributed by atoms with Crippen LogP contribution in [0, 0.1) is 6.92 Å². The number of hydrogen-bond acceptors (Lipinski definition) is 5. The summed E-state index contributed by atoms with van der Waals surface area (Å²) in [6.07, 6.45) is 2.94. The molecule has 2 atom stereocenters. The van der Waals surface area contributed by atoms with Crippen molar-refractivity contribution in [3.63, 3.8) is 0 Å². The summed E-state index contributed by atoms with van der Waals surface area (Å²) in [5, 5.41) is 8.91. The Hall–Kier alpha value is -2.77. The second kappa shape index (κ2) is 8.07. The Kier molecular flexibility index (Phi) is 5.60. The molecule has 136 valence electrons. The molecule has 7 nitrogen and oxygen atoms in total. The Morgan fingerprint density at radius 2 is 1.96 bits per heavy atom. The predicted molar refractivity (Wildman–Crippen MR) is 99.2 cm³/mol. The molecule has 3 N–H and O–H groups in total. The summed E-state index contributed by atoms with van der Waals surface area (Å²) < 4.78 is 5.51. The number of carbonyl (C=O) groups is 2. The summed E-state index contributed by atoms with van der Waals surface area (Å²) in [5.41, 5.74) is 2.68. The number of pyridine rings is 1. The lowest BCUT2D eigenvalue weighted by molar-refractivity contribution is -0.123. The van der Waals surface area contributed by atoms with Crippen LogP contribution >= 0.6 is 0 Å². The van der Waals surface area contributed by atoms with Crippen molar-refractivity contribution in [2.24, 2.45) is 0 Å². The highest BCUT2D eigenvalue weighted by atomic mass is 16.5. The van der Waals surface area contributed by atoms with E-state index < -0.39 is 6.04 Å². The van der Waals surface area contributed by atoms with Crippen LogP contribution in [0.1, 0.15) is 22.8 Å². The Morgan fingerprint density at radius 3 is 2.69 bits per heavy atom. The van der Waals surface area contributed by atoms with Gasteiger partial charge in [-0.15, -0.1) is 0 Å². The highest BCUT2D eigenvalue weighted by Gasteiger charge is 2.28. The smallest absolute Gasteiger partial charge is 0.255 e. The van der Waals surface area contributed by atoms with Crippen molar-refractivity contribution in [1.29, 1.82) is 0 Å². The summed E-state index contributed by atoms with van der Waals surface area (Å²) in [5.74, 6) is -0.387. The van der Waals surface area contributed by atoms with Gasteiger partial charge < -0.3 is 20.7 Å². The van der Waals surface area contributed by atoms with Crippen molar-refractivity contribution in [1.82, 2.24) is 10.3 Å². The quantitative estimate of drug-likeness (QED) is 0.781. The number of rotatable bonds is 4. The van der Waals surface area contributed by atoms with Crippen LogP contribution in [0.25, 0.3) is 0 Å². The first-order chi connectivity index (χ1) is 12.5. The van der Waals surface area contributed by atoms with Crippen molar-refractivity contribution in [3.05, 3.63) is 53.9 Å². The number of aromatic nitrogens is 1. The third-order valence-corrected chi connectivity index (χ3v) is 4.29. The molecule has 2 heterocycles. The Bertz CT molecular complexity index is 795. The zero-order chi connectivity index (χ0) is 18.5. The molecule has 7 heteroatoms. The van der Waals surface area contributed by atoms with Gasteiger partial charge in [0.2, 0.25) is 5.91 Å². The molecule has 0 saturated carbocycles. The minimum atomic E-state index is -0.403. The minimum Gasteiger partial charge on any atom is -0.375 e. The van der Waals surface area contributed by atoms with Gasteiger partial charge in [-0.2, -0.15) is 0 Å². The molecule has 1 saturated heterocycles. The van der Waals surface area contributed by atoms with Crippen molar-refractivity contribution >= 4 is 23.2 Å². The molecule has 0 radical (unpaired) electrons. The maximum Gasteiger partial charge on any atom is 0.255 e. The fourth-order valence-electron chi connectivity index (χ4n) is 2.78. The van der Waals surface area contributed by atoms with E-state index in [1.165, 1.54) is 0 Å². The molecule has 2 aromatic rings. The number of carbonyl (C=O) groups excluding carboxylic acids is 2. The molecular weight excluding hydrogens is 332 g/mol. The summed E-state index contributed by atoms with van der Waals surface area (Å²) in [7, 11) is 0. The largest absolute Gasteiger partial charge is 0.375 e. The number of hydrogen-bond donors (Lipinski definition) is 3. The summed E-state index contributed by atoms with van der Waals surface area (Å²) >= 11 is 0. The maximum absolute atomic E-state index is 12.5. The monoisotopic (exact) mass is 354 g/mol. The van der Waals surface area contributed by atoms with Crippen molar-refractivity contribution in [2.45, 2.75) is 26.0 Å². The lowest BCUT2D eigenvalue weighted by Gasteiger charge is -2.29. The molecule has 1 aliphatic heterocycles. The number of ether oxygens (including phenoxy) is 1. The second-order valence-electron chi connectivity index (χ2n) is 6.22. The Balaban J connectivity index is 1.71. The zero-order valence-corrected chi connectivity index (χ0v) is 14.8. The van der Waals surface area contributed by atoms with E-state index in [4.69, 9.17) is 4.74 Å². The van der Waals surface area contributed by atoms with Gasteiger partial charge in [0.05, 0.1) is 12.7 Å². The van der Waals surface area contributed by atoms with E-state index in [0.29, 0.717) is 30.1 Å². The van der Waals surface area contributed by atoms with E-state index in [-0.39, 0.29) is 17.9 Å². The molecular formula is C19H22N4O3. The Labute approximate surface area is 152 Å². The van der Waals surface area contributed by atoms with Gasteiger partial charge in [0.1, 0.15) is 6.04 Å².